The molecule has 0 fully saturated rings. The Labute approximate surface area is 280 Å². The van der Waals surface area contributed by atoms with Gasteiger partial charge in [-0.3, -0.25) is 0 Å². The van der Waals surface area contributed by atoms with Crippen molar-refractivity contribution >= 4 is 69.2 Å². The lowest BCUT2D eigenvalue weighted by Crippen LogP contribution is -2.28. The zero-order chi connectivity index (χ0) is 32.5. The van der Waals surface area contributed by atoms with Crippen LogP contribution in [0, 0.1) is 0 Å². The third kappa shape index (κ3) is 4.00. The van der Waals surface area contributed by atoms with Crippen molar-refractivity contribution in [3.63, 3.8) is 0 Å². The minimum Gasteiger partial charge on any atom is -0.309 e. The standard InChI is InChI=1S/C42H29O3P3/c43-46(30-12-2-1-3-13-30,31-22-26-33(27-23-31)47(44)39-18-8-4-14-35(39)36-15-5-9-19-40(36)47)32-24-28-34(29-25-32)48(45)41-20-10-6-16-37(41)38-17-7-11-21-42(38)48/h1-29H. The quantitative estimate of drug-likeness (QED) is 0.194. The number of fused-ring (bicyclic) bond motifs is 6. The summed E-state index contributed by atoms with van der Waals surface area (Å²) in [5.41, 5.74) is 4.01. The monoisotopic (exact) mass is 674 g/mol. The van der Waals surface area contributed by atoms with Gasteiger partial charge in [-0.1, -0.05) is 176 Å². The van der Waals surface area contributed by atoms with E-state index in [1.165, 1.54) is 0 Å². The van der Waals surface area contributed by atoms with E-state index in [1.807, 2.05) is 176 Å². The molecule has 7 aromatic rings. The number of hydrogen-bond donors (Lipinski definition) is 0. The van der Waals surface area contributed by atoms with E-state index in [4.69, 9.17) is 0 Å². The average molecular weight is 675 g/mol. The maximum Gasteiger partial charge on any atom is 0.172 e. The van der Waals surface area contributed by atoms with E-state index in [0.29, 0.717) is 15.9 Å². The van der Waals surface area contributed by atoms with Crippen molar-refractivity contribution in [3.05, 3.63) is 176 Å². The smallest absolute Gasteiger partial charge is 0.172 e. The minimum absolute atomic E-state index is 0.653. The van der Waals surface area contributed by atoms with E-state index in [9.17, 15) is 0 Å². The molecule has 0 saturated heterocycles. The predicted octanol–water partition coefficient (Wildman–Crippen LogP) is 6.57. The fourth-order valence-electron chi connectivity index (χ4n) is 7.55. The van der Waals surface area contributed by atoms with Crippen LogP contribution in [0.4, 0.5) is 0 Å². The van der Waals surface area contributed by atoms with Crippen LogP contribution in [0.25, 0.3) is 22.3 Å². The van der Waals surface area contributed by atoms with E-state index in [2.05, 4.69) is 0 Å². The summed E-state index contributed by atoms with van der Waals surface area (Å²) < 4.78 is 45.6. The fourth-order valence-corrected chi connectivity index (χ4v) is 16.3. The van der Waals surface area contributed by atoms with E-state index in [1.54, 1.807) is 0 Å². The van der Waals surface area contributed by atoms with Crippen LogP contribution in [0.15, 0.2) is 176 Å². The van der Waals surface area contributed by atoms with Gasteiger partial charge < -0.3 is 13.7 Å². The first-order valence-corrected chi connectivity index (χ1v) is 21.0. The summed E-state index contributed by atoms with van der Waals surface area (Å²) in [6.07, 6.45) is 0. The zero-order valence-electron chi connectivity index (χ0n) is 25.8. The molecule has 9 rings (SSSR count). The van der Waals surface area contributed by atoms with Crippen molar-refractivity contribution in [3.8, 4) is 22.3 Å². The lowest BCUT2D eigenvalue weighted by Gasteiger charge is -2.22. The highest BCUT2D eigenvalue weighted by atomic mass is 31.2. The van der Waals surface area contributed by atoms with Gasteiger partial charge in [0, 0.05) is 47.7 Å². The SMILES string of the molecule is O=P(c1ccccc1)(c1ccc(P2(=O)c3ccccc3-c3ccccc32)cc1)c1ccc(P2(=O)c3ccccc3-c3ccccc32)cc1. The van der Waals surface area contributed by atoms with Gasteiger partial charge in [0.2, 0.25) is 0 Å². The summed E-state index contributed by atoms with van der Waals surface area (Å²) >= 11 is 0. The van der Waals surface area contributed by atoms with Crippen LogP contribution in [-0.2, 0) is 13.7 Å². The average Bonchev–Trinajstić information content (AvgIpc) is 3.59. The number of benzene rings is 7. The van der Waals surface area contributed by atoms with Crippen molar-refractivity contribution in [2.45, 2.75) is 0 Å². The van der Waals surface area contributed by atoms with Crippen molar-refractivity contribution < 1.29 is 13.7 Å². The highest BCUT2D eigenvalue weighted by molar-refractivity contribution is 7.87. The fraction of sp³-hybridized carbons (Fsp3) is 0. The molecule has 2 heterocycles. The summed E-state index contributed by atoms with van der Waals surface area (Å²) in [6.45, 7) is 0. The Kier molecular flexibility index (Phi) is 6.66. The van der Waals surface area contributed by atoms with Gasteiger partial charge in [0.1, 0.15) is 0 Å². The zero-order valence-corrected chi connectivity index (χ0v) is 28.5. The van der Waals surface area contributed by atoms with Crippen LogP contribution >= 0.6 is 21.4 Å². The molecular formula is C42H29O3P3. The van der Waals surface area contributed by atoms with Crippen LogP contribution in [0.1, 0.15) is 0 Å². The molecule has 0 amide bonds. The number of hydrogen-bond acceptors (Lipinski definition) is 3. The van der Waals surface area contributed by atoms with E-state index in [-0.39, 0.29) is 0 Å². The van der Waals surface area contributed by atoms with Crippen molar-refractivity contribution in [2.24, 2.45) is 0 Å². The third-order valence-corrected chi connectivity index (χ3v) is 19.2. The van der Waals surface area contributed by atoms with Crippen LogP contribution in [-0.4, -0.2) is 0 Å². The van der Waals surface area contributed by atoms with Crippen molar-refractivity contribution in [2.75, 3.05) is 0 Å². The van der Waals surface area contributed by atoms with Gasteiger partial charge >= 0.3 is 0 Å². The molecule has 48 heavy (non-hydrogen) atoms. The van der Waals surface area contributed by atoms with Gasteiger partial charge in [-0.25, -0.2) is 0 Å². The van der Waals surface area contributed by atoms with Crippen LogP contribution in [0.2, 0.25) is 0 Å². The summed E-state index contributed by atoms with van der Waals surface area (Å²) in [6, 6.07) is 56.3. The Bertz CT molecular complexity index is 2280. The first kappa shape index (κ1) is 29.4. The molecule has 6 heteroatoms. The van der Waals surface area contributed by atoms with E-state index >= 15 is 13.7 Å². The number of rotatable bonds is 5. The lowest BCUT2D eigenvalue weighted by molar-refractivity contribution is 0.591. The van der Waals surface area contributed by atoms with Gasteiger partial charge in [0.25, 0.3) is 0 Å². The molecule has 0 N–H and O–H groups in total. The maximum absolute atomic E-state index is 15.5. The molecular weight excluding hydrogens is 645 g/mol. The molecule has 0 aliphatic carbocycles. The molecule has 230 valence electrons. The van der Waals surface area contributed by atoms with Crippen molar-refractivity contribution in [1.82, 2.24) is 0 Å². The van der Waals surface area contributed by atoms with Crippen LogP contribution in [0.5, 0.6) is 0 Å². The summed E-state index contributed by atoms with van der Waals surface area (Å²) in [7, 11) is -9.61. The maximum atomic E-state index is 15.5. The Balaban J connectivity index is 1.16. The molecule has 0 aromatic heterocycles. The van der Waals surface area contributed by atoms with Gasteiger partial charge in [-0.05, 0) is 22.3 Å². The Morgan fingerprint density at radius 2 is 0.583 bits per heavy atom. The molecule has 0 radical (unpaired) electrons. The third-order valence-electron chi connectivity index (χ3n) is 9.83. The first-order valence-electron chi connectivity index (χ1n) is 15.9. The topological polar surface area (TPSA) is 51.2 Å². The van der Waals surface area contributed by atoms with Crippen LogP contribution in [0.3, 0.4) is 0 Å². The van der Waals surface area contributed by atoms with Gasteiger partial charge in [0.15, 0.2) is 21.4 Å². The molecule has 2 aliphatic heterocycles. The lowest BCUT2D eigenvalue weighted by atomic mass is 10.1. The molecule has 0 saturated carbocycles. The first-order chi connectivity index (χ1) is 23.4. The Morgan fingerprint density at radius 3 is 0.917 bits per heavy atom. The summed E-state index contributed by atoms with van der Waals surface area (Å²) in [5, 5.41) is 6.80. The van der Waals surface area contributed by atoms with E-state index < -0.39 is 21.4 Å². The predicted molar refractivity (Wildman–Crippen MR) is 203 cm³/mol. The molecule has 0 unspecified atom stereocenters. The molecule has 7 aromatic carbocycles. The van der Waals surface area contributed by atoms with Crippen LogP contribution < -0.4 is 47.7 Å². The molecule has 0 bridgehead atoms. The van der Waals surface area contributed by atoms with E-state index in [0.717, 1.165) is 54.1 Å². The molecule has 0 spiro atoms. The van der Waals surface area contributed by atoms with Gasteiger partial charge in [0.05, 0.1) is 0 Å². The summed E-state index contributed by atoms with van der Waals surface area (Å²) in [5.74, 6) is 0. The summed E-state index contributed by atoms with van der Waals surface area (Å²) in [4.78, 5) is 0. The minimum atomic E-state index is -3.37. The van der Waals surface area contributed by atoms with Gasteiger partial charge in [-0.15, -0.1) is 0 Å². The second-order valence-electron chi connectivity index (χ2n) is 12.3. The Hall–Kier alpha value is -4.77. The highest BCUT2D eigenvalue weighted by Crippen LogP contribution is 2.54. The molecule has 0 atom stereocenters. The second-order valence-corrected chi connectivity index (χ2v) is 20.4. The Morgan fingerprint density at radius 1 is 0.312 bits per heavy atom. The van der Waals surface area contributed by atoms with Crippen molar-refractivity contribution in [1.29, 1.82) is 0 Å². The second kappa shape index (κ2) is 10.9. The van der Waals surface area contributed by atoms with Gasteiger partial charge in [-0.2, -0.15) is 0 Å². The molecule has 2 aliphatic rings. The largest absolute Gasteiger partial charge is 0.309 e. The molecule has 3 nitrogen and oxygen atoms in total. The normalized spacial score (nSPS) is 14.8. The highest BCUT2D eigenvalue weighted by Gasteiger charge is 2.42.